The molecule has 1 heterocycles. The topological polar surface area (TPSA) is 113 Å². The van der Waals surface area contributed by atoms with Gasteiger partial charge in [0.15, 0.2) is 5.78 Å². The number of benzene rings is 1. The smallest absolute Gasteiger partial charge is 0.242 e. The molecule has 0 saturated carbocycles. The molecule has 1 aromatic heterocycles. The molecule has 2 aromatic rings. The third kappa shape index (κ3) is 6.48. The molecule has 0 aliphatic carbocycles. The summed E-state index contributed by atoms with van der Waals surface area (Å²) in [6, 6.07) is 8.02. The van der Waals surface area contributed by atoms with Crippen molar-refractivity contribution < 1.29 is 22.8 Å². The van der Waals surface area contributed by atoms with Crippen molar-refractivity contribution in [3.05, 3.63) is 46.2 Å². The summed E-state index contributed by atoms with van der Waals surface area (Å²) in [7, 11) is -0.742. The maximum Gasteiger partial charge on any atom is 0.242 e. The van der Waals surface area contributed by atoms with Crippen LogP contribution in [0.15, 0.2) is 40.6 Å². The number of sulfonamides is 1. The van der Waals surface area contributed by atoms with Crippen LogP contribution < -0.4 is 10.6 Å². The lowest BCUT2D eigenvalue weighted by Crippen LogP contribution is -2.28. The Hall–Kier alpha value is -2.56. The van der Waals surface area contributed by atoms with Gasteiger partial charge in [0.05, 0.1) is 9.77 Å². The fourth-order valence-corrected chi connectivity index (χ4v) is 4.13. The highest BCUT2D eigenvalue weighted by molar-refractivity contribution is 7.89. The van der Waals surface area contributed by atoms with Crippen LogP contribution in [0.4, 0.5) is 5.69 Å². The van der Waals surface area contributed by atoms with E-state index in [1.165, 1.54) is 37.6 Å². The molecule has 0 spiro atoms. The lowest BCUT2D eigenvalue weighted by atomic mass is 10.2. The van der Waals surface area contributed by atoms with E-state index in [0.29, 0.717) is 10.6 Å². The number of ketones is 1. The molecule has 2 rings (SSSR count). The number of nitrogens with one attached hydrogen (secondary N) is 2. The van der Waals surface area contributed by atoms with Gasteiger partial charge in [-0.05, 0) is 36.1 Å². The summed E-state index contributed by atoms with van der Waals surface area (Å²) in [5.41, 5.74) is 1.12. The van der Waals surface area contributed by atoms with Gasteiger partial charge >= 0.3 is 0 Å². The fraction of sp³-hybridized carbons (Fsp3) is 0.350. The molecule has 0 bridgehead atoms. The third-order valence-corrected chi connectivity index (χ3v) is 7.03. The minimum Gasteiger partial charge on any atom is -0.356 e. The summed E-state index contributed by atoms with van der Waals surface area (Å²) in [5.74, 6) is -0.739. The molecular weight excluding hydrogens is 426 g/mol. The number of carbonyl (C=O) groups excluding carboxylic acids is 3. The molecule has 2 N–H and O–H groups in total. The van der Waals surface area contributed by atoms with Gasteiger partial charge in [0, 0.05) is 45.6 Å². The molecule has 162 valence electrons. The highest BCUT2D eigenvalue weighted by Gasteiger charge is 2.18. The van der Waals surface area contributed by atoms with Crippen LogP contribution in [0.1, 0.15) is 34.5 Å². The van der Waals surface area contributed by atoms with Crippen molar-refractivity contribution in [1.29, 1.82) is 0 Å². The van der Waals surface area contributed by atoms with E-state index in [0.717, 1.165) is 9.87 Å². The zero-order valence-corrected chi connectivity index (χ0v) is 18.7. The Balaban J connectivity index is 1.82. The second kappa shape index (κ2) is 10.5. The number of amides is 2. The van der Waals surface area contributed by atoms with E-state index in [4.69, 9.17) is 0 Å². The molecule has 0 atom stereocenters. The number of thiophene rings is 1. The first-order chi connectivity index (χ1) is 14.1. The average molecular weight is 452 g/mol. The Bertz CT molecular complexity index is 1020. The lowest BCUT2D eigenvalue weighted by molar-refractivity contribution is -0.121. The van der Waals surface area contributed by atoms with Crippen LogP contribution in [0.3, 0.4) is 0 Å². The van der Waals surface area contributed by atoms with Crippen LogP contribution in [-0.2, 0) is 19.6 Å². The van der Waals surface area contributed by atoms with Crippen molar-refractivity contribution in [1.82, 2.24) is 9.62 Å². The zero-order valence-electron chi connectivity index (χ0n) is 17.1. The summed E-state index contributed by atoms with van der Waals surface area (Å²) < 4.78 is 25.6. The van der Waals surface area contributed by atoms with Crippen molar-refractivity contribution in [2.45, 2.75) is 31.1 Å². The molecule has 1 aromatic carbocycles. The number of hydrogen-bond donors (Lipinski definition) is 2. The van der Waals surface area contributed by atoms with Gasteiger partial charge in [-0.3, -0.25) is 14.4 Å². The van der Waals surface area contributed by atoms with Crippen molar-refractivity contribution in [2.75, 3.05) is 26.0 Å². The molecule has 0 fully saturated rings. The molecule has 30 heavy (non-hydrogen) atoms. The van der Waals surface area contributed by atoms with E-state index in [2.05, 4.69) is 10.6 Å². The molecule has 0 radical (unpaired) electrons. The van der Waals surface area contributed by atoms with E-state index in [1.54, 1.807) is 30.5 Å². The standard InChI is InChI=1S/C20H25N3O5S2/c1-14-6-7-15(30(27,28)23(2)3)13-16(14)22-20(26)10-11-21-19(25)9-8-17(24)18-5-4-12-29-18/h4-7,12-13H,8-11H2,1-3H3,(H,21,25)(H,22,26). The Morgan fingerprint density at radius 3 is 2.40 bits per heavy atom. The molecule has 0 saturated heterocycles. The maximum atomic E-state index is 12.3. The lowest BCUT2D eigenvalue weighted by Gasteiger charge is -2.14. The van der Waals surface area contributed by atoms with Gasteiger partial charge in [0.2, 0.25) is 21.8 Å². The van der Waals surface area contributed by atoms with Gasteiger partial charge in [0.1, 0.15) is 0 Å². The molecule has 0 unspecified atom stereocenters. The monoisotopic (exact) mass is 451 g/mol. The molecule has 0 aliphatic rings. The van der Waals surface area contributed by atoms with E-state index in [1.807, 2.05) is 0 Å². The number of nitrogens with zero attached hydrogens (tertiary/aromatic N) is 1. The second-order valence-corrected chi connectivity index (χ2v) is 9.91. The number of anilines is 1. The molecule has 2 amide bonds. The number of carbonyl (C=O) groups is 3. The number of aryl methyl sites for hydroxylation is 1. The van der Waals surface area contributed by atoms with Gasteiger partial charge in [-0.2, -0.15) is 0 Å². The summed E-state index contributed by atoms with van der Waals surface area (Å²) in [6.45, 7) is 1.88. The Morgan fingerprint density at radius 1 is 1.03 bits per heavy atom. The molecule has 10 heteroatoms. The molecule has 0 aliphatic heterocycles. The zero-order chi connectivity index (χ0) is 22.3. The first kappa shape index (κ1) is 23.7. The number of hydrogen-bond acceptors (Lipinski definition) is 6. The molecular formula is C20H25N3O5S2. The normalized spacial score (nSPS) is 11.3. The van der Waals surface area contributed by atoms with E-state index < -0.39 is 10.0 Å². The number of rotatable bonds is 10. The van der Waals surface area contributed by atoms with Gasteiger partial charge in [-0.1, -0.05) is 12.1 Å². The third-order valence-electron chi connectivity index (χ3n) is 4.31. The molecule has 8 nitrogen and oxygen atoms in total. The van der Waals surface area contributed by atoms with Crippen LogP contribution in [0, 0.1) is 6.92 Å². The minimum absolute atomic E-state index is 0.0225. The number of Topliss-reactive ketones (excluding diaryl/α,β-unsaturated/α-hetero) is 1. The SMILES string of the molecule is Cc1ccc(S(=O)(=O)N(C)C)cc1NC(=O)CCNC(=O)CCC(=O)c1cccs1. The summed E-state index contributed by atoms with van der Waals surface area (Å²) in [6.07, 6.45) is 0.196. The highest BCUT2D eigenvalue weighted by atomic mass is 32.2. The minimum atomic E-state index is -3.61. The second-order valence-electron chi connectivity index (χ2n) is 6.81. The fourth-order valence-electron chi connectivity index (χ4n) is 2.51. The van der Waals surface area contributed by atoms with Crippen molar-refractivity contribution >= 4 is 44.6 Å². The Morgan fingerprint density at radius 2 is 1.77 bits per heavy atom. The van der Waals surface area contributed by atoms with Gasteiger partial charge < -0.3 is 10.6 Å². The van der Waals surface area contributed by atoms with Crippen LogP contribution in [-0.4, -0.2) is 51.0 Å². The summed E-state index contributed by atoms with van der Waals surface area (Å²) in [4.78, 5) is 36.6. The maximum absolute atomic E-state index is 12.3. The van der Waals surface area contributed by atoms with Crippen molar-refractivity contribution in [3.63, 3.8) is 0 Å². The first-order valence-electron chi connectivity index (χ1n) is 9.27. The quantitative estimate of drug-likeness (QED) is 0.539. The van der Waals surface area contributed by atoms with Crippen molar-refractivity contribution in [2.24, 2.45) is 0 Å². The Labute approximate surface area is 180 Å². The average Bonchev–Trinajstić information content (AvgIpc) is 3.22. The van der Waals surface area contributed by atoms with Crippen LogP contribution in [0.5, 0.6) is 0 Å². The highest BCUT2D eigenvalue weighted by Crippen LogP contribution is 2.22. The predicted molar refractivity (Wildman–Crippen MR) is 116 cm³/mol. The van der Waals surface area contributed by atoms with E-state index in [9.17, 15) is 22.8 Å². The van der Waals surface area contributed by atoms with E-state index >= 15 is 0 Å². The largest absolute Gasteiger partial charge is 0.356 e. The summed E-state index contributed by atoms with van der Waals surface area (Å²) in [5, 5.41) is 7.10. The van der Waals surface area contributed by atoms with Crippen LogP contribution >= 0.6 is 11.3 Å². The van der Waals surface area contributed by atoms with Gasteiger partial charge in [-0.25, -0.2) is 12.7 Å². The van der Waals surface area contributed by atoms with E-state index in [-0.39, 0.29) is 48.3 Å². The van der Waals surface area contributed by atoms with Crippen molar-refractivity contribution in [3.8, 4) is 0 Å². The Kier molecular flexibility index (Phi) is 8.27. The first-order valence-corrected chi connectivity index (χ1v) is 11.6. The van der Waals surface area contributed by atoms with Crippen LogP contribution in [0.2, 0.25) is 0 Å². The predicted octanol–water partition coefficient (Wildman–Crippen LogP) is 2.41. The summed E-state index contributed by atoms with van der Waals surface area (Å²) >= 11 is 1.34. The van der Waals surface area contributed by atoms with Gasteiger partial charge in [-0.15, -0.1) is 11.3 Å². The van der Waals surface area contributed by atoms with Gasteiger partial charge in [0.25, 0.3) is 0 Å². The van der Waals surface area contributed by atoms with Crippen LogP contribution in [0.25, 0.3) is 0 Å².